The molecule has 25 heavy (non-hydrogen) atoms. The van der Waals surface area contributed by atoms with Crippen LogP contribution in [0.4, 0.5) is 5.69 Å². The molecule has 0 unspecified atom stereocenters. The fourth-order valence-electron chi connectivity index (χ4n) is 2.57. The molecule has 4 nitrogen and oxygen atoms in total. The second-order valence-corrected chi connectivity index (χ2v) is 12.8. The molecule has 0 radical (unpaired) electrons. The minimum Gasteiger partial charge on any atom is -0.411 e. The van der Waals surface area contributed by atoms with Crippen molar-refractivity contribution in [2.24, 2.45) is 0 Å². The second kappa shape index (κ2) is 6.31. The molecule has 0 aliphatic carbocycles. The van der Waals surface area contributed by atoms with Crippen molar-refractivity contribution in [3.8, 4) is 11.1 Å². The highest BCUT2D eigenvalue weighted by Crippen LogP contribution is 2.37. The van der Waals surface area contributed by atoms with Crippen molar-refractivity contribution in [2.45, 2.75) is 45.5 Å². The Kier molecular flexibility index (Phi) is 4.47. The van der Waals surface area contributed by atoms with E-state index in [0.717, 1.165) is 22.5 Å². The van der Waals surface area contributed by atoms with Crippen LogP contribution in [-0.2, 0) is 11.0 Å². The Bertz CT molecular complexity index is 879. The van der Waals surface area contributed by atoms with Gasteiger partial charge in [-0.05, 0) is 29.8 Å². The van der Waals surface area contributed by atoms with Gasteiger partial charge < -0.3 is 14.6 Å². The van der Waals surface area contributed by atoms with Gasteiger partial charge in [0.1, 0.15) is 0 Å². The van der Waals surface area contributed by atoms with E-state index in [4.69, 9.17) is 10.2 Å². The van der Waals surface area contributed by atoms with Crippen LogP contribution < -0.4 is 5.73 Å². The Balaban J connectivity index is 1.92. The van der Waals surface area contributed by atoms with Gasteiger partial charge >= 0.3 is 0 Å². The molecule has 0 amide bonds. The minimum absolute atomic E-state index is 0.187. The first-order valence-corrected chi connectivity index (χ1v) is 11.6. The quantitative estimate of drug-likeness (QED) is 0.663. The van der Waals surface area contributed by atoms with E-state index in [-0.39, 0.29) is 5.04 Å². The van der Waals surface area contributed by atoms with Crippen molar-refractivity contribution >= 4 is 19.7 Å². The SMILES string of the molecule is CC(C)(C)[Si](C)(C)OCc1cnc2c(N)c(-c3ccccc3)ccn12. The Morgan fingerprint density at radius 2 is 1.80 bits per heavy atom. The number of nitrogens with zero attached hydrogens (tertiary/aromatic N) is 2. The van der Waals surface area contributed by atoms with E-state index in [1.54, 1.807) is 0 Å². The lowest BCUT2D eigenvalue weighted by Crippen LogP contribution is -2.40. The Morgan fingerprint density at radius 3 is 2.44 bits per heavy atom. The molecule has 0 spiro atoms. The number of pyridine rings is 1. The fourth-order valence-corrected chi connectivity index (χ4v) is 3.51. The lowest BCUT2D eigenvalue weighted by Gasteiger charge is -2.36. The zero-order chi connectivity index (χ0) is 18.2. The number of hydrogen-bond donors (Lipinski definition) is 1. The van der Waals surface area contributed by atoms with Crippen LogP contribution in [0.5, 0.6) is 0 Å². The zero-order valence-electron chi connectivity index (χ0n) is 15.7. The summed E-state index contributed by atoms with van der Waals surface area (Å²) in [6.07, 6.45) is 3.90. The molecule has 0 aliphatic rings. The fraction of sp³-hybridized carbons (Fsp3) is 0.350. The van der Waals surface area contributed by atoms with Crippen LogP contribution in [0.2, 0.25) is 18.1 Å². The first-order valence-electron chi connectivity index (χ1n) is 8.64. The summed E-state index contributed by atoms with van der Waals surface area (Å²) in [4.78, 5) is 4.54. The molecule has 0 aliphatic heterocycles. The molecule has 1 aromatic carbocycles. The van der Waals surface area contributed by atoms with Crippen molar-refractivity contribution in [3.05, 3.63) is 54.5 Å². The summed E-state index contributed by atoms with van der Waals surface area (Å²) in [5.74, 6) is 0. The summed E-state index contributed by atoms with van der Waals surface area (Å²) in [5, 5.41) is 0.187. The Morgan fingerprint density at radius 1 is 1.12 bits per heavy atom. The van der Waals surface area contributed by atoms with E-state index in [1.165, 1.54) is 0 Å². The average Bonchev–Trinajstić information content (AvgIpc) is 2.97. The monoisotopic (exact) mass is 353 g/mol. The number of nitrogens with two attached hydrogens (primary N) is 1. The predicted octanol–water partition coefficient (Wildman–Crippen LogP) is 5.11. The maximum Gasteiger partial charge on any atom is 0.192 e. The summed E-state index contributed by atoms with van der Waals surface area (Å²) in [5.41, 5.74) is 11.0. The van der Waals surface area contributed by atoms with Crippen LogP contribution >= 0.6 is 0 Å². The number of aromatic nitrogens is 2. The molecule has 132 valence electrons. The highest BCUT2D eigenvalue weighted by molar-refractivity contribution is 6.74. The van der Waals surface area contributed by atoms with Gasteiger partial charge in [0.15, 0.2) is 14.0 Å². The minimum atomic E-state index is -1.80. The number of anilines is 1. The van der Waals surface area contributed by atoms with Crippen LogP contribution in [0.15, 0.2) is 48.8 Å². The molecule has 3 aromatic rings. The third-order valence-electron chi connectivity index (χ3n) is 5.27. The van der Waals surface area contributed by atoms with Crippen molar-refractivity contribution in [3.63, 3.8) is 0 Å². The Labute approximate surface area is 150 Å². The topological polar surface area (TPSA) is 52.5 Å². The molecule has 2 aromatic heterocycles. The summed E-state index contributed by atoms with van der Waals surface area (Å²) >= 11 is 0. The third-order valence-corrected chi connectivity index (χ3v) is 9.75. The van der Waals surface area contributed by atoms with Gasteiger partial charge in [0.05, 0.1) is 24.2 Å². The van der Waals surface area contributed by atoms with Gasteiger partial charge in [-0.15, -0.1) is 0 Å². The van der Waals surface area contributed by atoms with E-state index in [0.29, 0.717) is 12.3 Å². The molecule has 0 fully saturated rings. The zero-order valence-corrected chi connectivity index (χ0v) is 16.7. The molecule has 3 rings (SSSR count). The molecular weight excluding hydrogens is 326 g/mol. The molecular formula is C20H27N3OSi. The first-order chi connectivity index (χ1) is 11.7. The summed E-state index contributed by atoms with van der Waals surface area (Å²) < 4.78 is 8.38. The molecule has 0 saturated heterocycles. The number of hydrogen-bond acceptors (Lipinski definition) is 3. The van der Waals surface area contributed by atoms with Crippen molar-refractivity contribution in [1.29, 1.82) is 0 Å². The lowest BCUT2D eigenvalue weighted by atomic mass is 10.1. The molecule has 2 heterocycles. The van der Waals surface area contributed by atoms with Crippen LogP contribution in [-0.4, -0.2) is 17.7 Å². The molecule has 2 N–H and O–H groups in total. The molecule has 0 saturated carbocycles. The van der Waals surface area contributed by atoms with E-state index in [2.05, 4.69) is 57.0 Å². The van der Waals surface area contributed by atoms with Crippen LogP contribution in [0.25, 0.3) is 16.8 Å². The number of benzene rings is 1. The van der Waals surface area contributed by atoms with Crippen molar-refractivity contribution < 1.29 is 4.43 Å². The van der Waals surface area contributed by atoms with Gasteiger partial charge in [-0.25, -0.2) is 4.98 Å². The standard InChI is InChI=1S/C20H27N3OSi/c1-20(2,3)25(4,5)24-14-16-13-22-19-18(21)17(11-12-23(16)19)15-9-7-6-8-10-15/h6-13H,14,21H2,1-5H3. The van der Waals surface area contributed by atoms with Crippen LogP contribution in [0, 0.1) is 0 Å². The highest BCUT2D eigenvalue weighted by Gasteiger charge is 2.37. The van der Waals surface area contributed by atoms with E-state index in [9.17, 15) is 0 Å². The van der Waals surface area contributed by atoms with E-state index < -0.39 is 8.32 Å². The van der Waals surface area contributed by atoms with Crippen molar-refractivity contribution in [2.75, 3.05) is 5.73 Å². The van der Waals surface area contributed by atoms with Crippen LogP contribution in [0.1, 0.15) is 26.5 Å². The normalized spacial score (nSPS) is 12.7. The summed E-state index contributed by atoms with van der Waals surface area (Å²) in [6.45, 7) is 11.8. The molecule has 0 atom stereocenters. The third kappa shape index (κ3) is 3.34. The number of imidazole rings is 1. The van der Waals surface area contributed by atoms with Crippen molar-refractivity contribution in [1.82, 2.24) is 9.38 Å². The van der Waals surface area contributed by atoms with Gasteiger partial charge in [0, 0.05) is 11.8 Å². The summed E-state index contributed by atoms with van der Waals surface area (Å²) in [6, 6.07) is 12.2. The van der Waals surface area contributed by atoms with Gasteiger partial charge in [-0.3, -0.25) is 0 Å². The lowest BCUT2D eigenvalue weighted by molar-refractivity contribution is 0.271. The maximum absolute atomic E-state index is 6.40. The summed E-state index contributed by atoms with van der Waals surface area (Å²) in [7, 11) is -1.80. The largest absolute Gasteiger partial charge is 0.411 e. The van der Waals surface area contributed by atoms with Gasteiger partial charge in [-0.2, -0.15) is 0 Å². The molecule has 5 heteroatoms. The smallest absolute Gasteiger partial charge is 0.192 e. The predicted molar refractivity (Wildman–Crippen MR) is 107 cm³/mol. The van der Waals surface area contributed by atoms with Gasteiger partial charge in [0.25, 0.3) is 0 Å². The maximum atomic E-state index is 6.40. The number of nitrogen functional groups attached to an aromatic ring is 1. The number of fused-ring (bicyclic) bond motifs is 1. The average molecular weight is 354 g/mol. The van der Waals surface area contributed by atoms with Gasteiger partial charge in [0.2, 0.25) is 0 Å². The first kappa shape index (κ1) is 17.7. The van der Waals surface area contributed by atoms with E-state index in [1.807, 2.05) is 35.0 Å². The Hall–Kier alpha value is -2.11. The number of rotatable bonds is 4. The van der Waals surface area contributed by atoms with Crippen LogP contribution in [0.3, 0.4) is 0 Å². The molecule has 0 bridgehead atoms. The van der Waals surface area contributed by atoms with Gasteiger partial charge in [-0.1, -0.05) is 51.1 Å². The second-order valence-electron chi connectivity index (χ2n) is 8.00. The highest BCUT2D eigenvalue weighted by atomic mass is 28.4. The van der Waals surface area contributed by atoms with E-state index >= 15 is 0 Å².